The van der Waals surface area contributed by atoms with E-state index in [0.717, 1.165) is 5.69 Å². The van der Waals surface area contributed by atoms with Gasteiger partial charge in [0.2, 0.25) is 5.95 Å². The van der Waals surface area contributed by atoms with E-state index in [-0.39, 0.29) is 23.3 Å². The molecular weight excluding hydrogens is 438 g/mol. The van der Waals surface area contributed by atoms with Gasteiger partial charge in [0, 0.05) is 61.7 Å². The van der Waals surface area contributed by atoms with Crippen LogP contribution in [0.1, 0.15) is 35.6 Å². The minimum Gasteiger partial charge on any atom is -0.340 e. The van der Waals surface area contributed by atoms with Crippen molar-refractivity contribution in [3.8, 4) is 11.4 Å². The lowest BCUT2D eigenvalue weighted by Gasteiger charge is -2.24. The normalized spacial score (nSPS) is 20.0. The second-order valence-electron chi connectivity index (χ2n) is 9.54. The molecule has 2 aliphatic heterocycles. The summed E-state index contributed by atoms with van der Waals surface area (Å²) in [5.74, 6) is 0.318. The lowest BCUT2D eigenvalue weighted by molar-refractivity contribution is 0.0778. The van der Waals surface area contributed by atoms with Crippen molar-refractivity contribution in [2.24, 2.45) is 11.8 Å². The Morgan fingerprint density at radius 1 is 1.03 bits per heavy atom. The summed E-state index contributed by atoms with van der Waals surface area (Å²) in [5, 5.41) is 0. The number of carbonyl (C=O) groups is 1. The SMILES string of the molecule is Cc1cc(C(C)(C)F)nc(N2C[C@H]3CN(C(=O)c4c(F)cccc4-c4ncccn4)C[C@H]3C2)n1. The minimum absolute atomic E-state index is 0.00219. The number of aromatic nitrogens is 4. The van der Waals surface area contributed by atoms with Gasteiger partial charge in [0.05, 0.1) is 11.3 Å². The van der Waals surface area contributed by atoms with E-state index in [1.165, 1.54) is 19.9 Å². The lowest BCUT2D eigenvalue weighted by atomic mass is 10.0. The van der Waals surface area contributed by atoms with Gasteiger partial charge in [-0.25, -0.2) is 28.7 Å². The summed E-state index contributed by atoms with van der Waals surface area (Å²) in [7, 11) is 0. The van der Waals surface area contributed by atoms with Crippen molar-refractivity contribution in [1.82, 2.24) is 24.8 Å². The van der Waals surface area contributed by atoms with Crippen LogP contribution in [0.15, 0.2) is 42.7 Å². The summed E-state index contributed by atoms with van der Waals surface area (Å²) < 4.78 is 29.3. The molecule has 4 heterocycles. The molecule has 2 aromatic heterocycles. The van der Waals surface area contributed by atoms with Crippen molar-refractivity contribution in [1.29, 1.82) is 0 Å². The third-order valence-corrected chi connectivity index (χ3v) is 6.54. The Labute approximate surface area is 196 Å². The number of nitrogens with zero attached hydrogens (tertiary/aromatic N) is 6. The van der Waals surface area contributed by atoms with Crippen LogP contribution in [0.2, 0.25) is 0 Å². The Kier molecular flexibility index (Phi) is 5.50. The summed E-state index contributed by atoms with van der Waals surface area (Å²) >= 11 is 0. The number of rotatable bonds is 4. The molecule has 3 aromatic rings. The average molecular weight is 465 g/mol. The fourth-order valence-electron chi connectivity index (χ4n) is 4.85. The van der Waals surface area contributed by atoms with Crippen LogP contribution in [0.3, 0.4) is 0 Å². The Bertz CT molecular complexity index is 1220. The van der Waals surface area contributed by atoms with Crippen LogP contribution in [-0.4, -0.2) is 56.9 Å². The zero-order valence-electron chi connectivity index (χ0n) is 19.4. The predicted octanol–water partition coefficient (Wildman–Crippen LogP) is 3.79. The summed E-state index contributed by atoms with van der Waals surface area (Å²) in [6, 6.07) is 7.86. The molecule has 7 nitrogen and oxygen atoms in total. The second-order valence-corrected chi connectivity index (χ2v) is 9.54. The topological polar surface area (TPSA) is 75.1 Å². The molecule has 1 amide bonds. The number of anilines is 1. The van der Waals surface area contributed by atoms with Crippen molar-refractivity contribution in [2.75, 3.05) is 31.1 Å². The highest BCUT2D eigenvalue weighted by atomic mass is 19.1. The van der Waals surface area contributed by atoms with Crippen molar-refractivity contribution in [3.63, 3.8) is 0 Å². The van der Waals surface area contributed by atoms with Crippen molar-refractivity contribution < 1.29 is 13.6 Å². The Hall–Kier alpha value is -3.49. The van der Waals surface area contributed by atoms with E-state index in [0.29, 0.717) is 49.2 Å². The number of aryl methyl sites for hydroxylation is 1. The first-order valence-corrected chi connectivity index (χ1v) is 11.4. The average Bonchev–Trinajstić information content (AvgIpc) is 3.38. The number of halogens is 2. The highest BCUT2D eigenvalue weighted by molar-refractivity contribution is 6.00. The summed E-state index contributed by atoms with van der Waals surface area (Å²) in [6.07, 6.45) is 3.14. The molecule has 2 aliphatic rings. The third-order valence-electron chi connectivity index (χ3n) is 6.54. The van der Waals surface area contributed by atoms with Crippen molar-refractivity contribution >= 4 is 11.9 Å². The molecule has 9 heteroatoms. The number of likely N-dealkylation sites (tertiary alicyclic amines) is 1. The summed E-state index contributed by atoms with van der Waals surface area (Å²) in [6.45, 7) is 7.15. The van der Waals surface area contributed by atoms with Gasteiger partial charge < -0.3 is 9.80 Å². The molecule has 0 radical (unpaired) electrons. The maximum absolute atomic E-state index is 14.8. The molecule has 34 heavy (non-hydrogen) atoms. The van der Waals surface area contributed by atoms with E-state index >= 15 is 0 Å². The van der Waals surface area contributed by atoms with Crippen molar-refractivity contribution in [3.05, 3.63) is 65.5 Å². The van der Waals surface area contributed by atoms with Crippen LogP contribution in [-0.2, 0) is 5.67 Å². The highest BCUT2D eigenvalue weighted by Gasteiger charge is 2.43. The molecule has 5 rings (SSSR count). The molecule has 2 saturated heterocycles. The fourth-order valence-corrected chi connectivity index (χ4v) is 4.85. The molecule has 176 valence electrons. The van der Waals surface area contributed by atoms with Gasteiger partial charge in [-0.05, 0) is 39.0 Å². The highest BCUT2D eigenvalue weighted by Crippen LogP contribution is 2.35. The van der Waals surface area contributed by atoms with Gasteiger partial charge in [0.1, 0.15) is 11.5 Å². The number of benzene rings is 1. The van der Waals surface area contributed by atoms with E-state index in [1.807, 2.05) is 6.92 Å². The first kappa shape index (κ1) is 22.3. The smallest absolute Gasteiger partial charge is 0.257 e. The van der Waals surface area contributed by atoms with Crippen LogP contribution in [0.4, 0.5) is 14.7 Å². The molecule has 0 spiro atoms. The zero-order chi connectivity index (χ0) is 24.0. The summed E-state index contributed by atoms with van der Waals surface area (Å²) in [4.78, 5) is 34.5. The molecule has 2 fully saturated rings. The standard InChI is InChI=1S/C25H26F2N6O/c1-15-10-20(25(2,3)27)31-24(30-15)33-13-16-11-32(12-17(16)14-33)23(34)21-18(6-4-7-19(21)26)22-28-8-5-9-29-22/h4-10,16-17H,11-14H2,1-3H3/t16-,17+. The molecular formula is C25H26F2N6O. The first-order valence-electron chi connectivity index (χ1n) is 11.4. The Morgan fingerprint density at radius 2 is 1.71 bits per heavy atom. The first-order chi connectivity index (χ1) is 16.2. The molecule has 0 N–H and O–H groups in total. The monoisotopic (exact) mass is 464 g/mol. The van der Waals surface area contributed by atoms with E-state index < -0.39 is 11.5 Å². The van der Waals surface area contributed by atoms with Gasteiger partial charge in [-0.2, -0.15) is 0 Å². The van der Waals surface area contributed by atoms with E-state index in [9.17, 15) is 13.6 Å². The number of alkyl halides is 1. The molecule has 2 atom stereocenters. The van der Waals surface area contributed by atoms with Crippen LogP contribution in [0.25, 0.3) is 11.4 Å². The Balaban J connectivity index is 1.34. The largest absolute Gasteiger partial charge is 0.340 e. The van der Waals surface area contributed by atoms with Gasteiger partial charge in [-0.3, -0.25) is 4.79 Å². The zero-order valence-corrected chi connectivity index (χ0v) is 19.4. The second kappa shape index (κ2) is 8.38. The Morgan fingerprint density at radius 3 is 2.35 bits per heavy atom. The molecule has 0 aliphatic carbocycles. The van der Waals surface area contributed by atoms with Gasteiger partial charge in [0.25, 0.3) is 5.91 Å². The van der Waals surface area contributed by atoms with Crippen molar-refractivity contribution in [2.45, 2.75) is 26.4 Å². The van der Waals surface area contributed by atoms with Gasteiger partial charge in [0.15, 0.2) is 5.82 Å². The van der Waals surface area contributed by atoms with E-state index in [4.69, 9.17) is 0 Å². The van der Waals surface area contributed by atoms with Gasteiger partial charge in [-0.15, -0.1) is 0 Å². The maximum atomic E-state index is 14.8. The molecule has 0 bridgehead atoms. The van der Waals surface area contributed by atoms with Crippen LogP contribution in [0.5, 0.6) is 0 Å². The van der Waals surface area contributed by atoms with Crippen LogP contribution in [0, 0.1) is 24.6 Å². The number of fused-ring (bicyclic) bond motifs is 1. The summed E-state index contributed by atoms with van der Waals surface area (Å²) in [5.41, 5.74) is -0.0867. The van der Waals surface area contributed by atoms with Crippen LogP contribution < -0.4 is 4.90 Å². The minimum atomic E-state index is -1.55. The molecule has 0 saturated carbocycles. The number of hydrogen-bond donors (Lipinski definition) is 0. The number of carbonyl (C=O) groups excluding carboxylic acids is 1. The quantitative estimate of drug-likeness (QED) is 0.585. The number of amides is 1. The fraction of sp³-hybridized carbons (Fsp3) is 0.400. The number of hydrogen-bond acceptors (Lipinski definition) is 6. The van der Waals surface area contributed by atoms with E-state index in [1.54, 1.807) is 41.6 Å². The van der Waals surface area contributed by atoms with Gasteiger partial charge >= 0.3 is 0 Å². The molecule has 0 unspecified atom stereocenters. The third kappa shape index (κ3) is 4.10. The van der Waals surface area contributed by atoms with E-state index in [2.05, 4.69) is 24.8 Å². The maximum Gasteiger partial charge on any atom is 0.257 e. The predicted molar refractivity (Wildman–Crippen MR) is 123 cm³/mol. The molecule has 1 aromatic carbocycles. The van der Waals surface area contributed by atoms with Crippen LogP contribution >= 0.6 is 0 Å². The van der Waals surface area contributed by atoms with Gasteiger partial charge in [-0.1, -0.05) is 12.1 Å². The lowest BCUT2D eigenvalue weighted by Crippen LogP contribution is -2.34.